The van der Waals surface area contributed by atoms with Crippen LogP contribution < -0.4 is 9.47 Å². The maximum Gasteiger partial charge on any atom is 0.335 e. The van der Waals surface area contributed by atoms with Crippen LogP contribution in [0.1, 0.15) is 54.4 Å². The number of aliphatic hydroxyl groups is 1. The van der Waals surface area contributed by atoms with Crippen molar-refractivity contribution < 1.29 is 38.4 Å². The van der Waals surface area contributed by atoms with Crippen molar-refractivity contribution in [1.29, 1.82) is 0 Å². The molecule has 0 fully saturated rings. The number of ether oxygens (including phenoxy) is 4. The number of hydrogen-bond donors (Lipinski definition) is 1. The Labute approximate surface area is 271 Å². The molecule has 1 N–H and O–H groups in total. The van der Waals surface area contributed by atoms with Gasteiger partial charge in [-0.15, -0.1) is 0 Å². The summed E-state index contributed by atoms with van der Waals surface area (Å²) in [6.45, 7) is 8.19. The van der Waals surface area contributed by atoms with Crippen molar-refractivity contribution in [2.45, 2.75) is 38.5 Å². The number of aliphatic hydroxyl groups excluding tert-OH is 1. The van der Waals surface area contributed by atoms with E-state index in [0.29, 0.717) is 32.0 Å². The van der Waals surface area contributed by atoms with Crippen LogP contribution in [0.2, 0.25) is 0 Å². The molecule has 0 atom stereocenters. The van der Waals surface area contributed by atoms with Crippen LogP contribution in [0.15, 0.2) is 104 Å². The summed E-state index contributed by atoms with van der Waals surface area (Å²) in [5.41, 5.74) is 3.58. The van der Waals surface area contributed by atoms with Crippen molar-refractivity contribution in [1.82, 2.24) is 0 Å². The zero-order chi connectivity index (χ0) is 33.0. The number of carbonyl (C=O) groups excluding carboxylic acids is 3. The van der Waals surface area contributed by atoms with Gasteiger partial charge in [0, 0.05) is 11.6 Å². The molecule has 3 rings (SSSR count). The molecule has 0 amide bonds. The molecule has 242 valence electrons. The lowest BCUT2D eigenvalue weighted by Crippen LogP contribution is -2.10. The zero-order valence-electron chi connectivity index (χ0n) is 26.2. The van der Waals surface area contributed by atoms with Gasteiger partial charge in [-0.25, -0.2) is 9.59 Å². The Morgan fingerprint density at radius 1 is 0.652 bits per heavy atom. The summed E-state index contributed by atoms with van der Waals surface area (Å²) in [5, 5.41) is 8.85. The van der Waals surface area contributed by atoms with Gasteiger partial charge in [-0.2, -0.15) is 0 Å². The van der Waals surface area contributed by atoms with Gasteiger partial charge in [0.1, 0.15) is 11.5 Å². The van der Waals surface area contributed by atoms with Crippen molar-refractivity contribution >= 4 is 23.8 Å². The van der Waals surface area contributed by atoms with E-state index in [9.17, 15) is 14.4 Å². The minimum Gasteiger partial charge on any atom is -0.494 e. The van der Waals surface area contributed by atoms with Gasteiger partial charge in [-0.1, -0.05) is 67.8 Å². The molecule has 0 heterocycles. The average molecular weight is 627 g/mol. The Hall–Kier alpha value is -4.95. The third-order valence-electron chi connectivity index (χ3n) is 6.90. The fraction of sp³-hybridized carbons (Fsp3) is 0.289. The highest BCUT2D eigenvalue weighted by Gasteiger charge is 2.07. The second-order valence-electron chi connectivity index (χ2n) is 10.5. The number of unbranched alkanes of at least 4 members (excludes halogenated alkanes) is 4. The highest BCUT2D eigenvalue weighted by atomic mass is 16.5. The molecule has 0 bridgehead atoms. The van der Waals surface area contributed by atoms with Crippen LogP contribution in [-0.2, 0) is 19.1 Å². The second kappa shape index (κ2) is 20.2. The first-order valence-corrected chi connectivity index (χ1v) is 15.4. The first-order valence-electron chi connectivity index (χ1n) is 15.4. The van der Waals surface area contributed by atoms with Gasteiger partial charge in [0.05, 0.1) is 38.6 Å². The summed E-state index contributed by atoms with van der Waals surface area (Å²) in [4.78, 5) is 35.2. The molecular weight excluding hydrogens is 584 g/mol. The molecule has 0 aliphatic carbocycles. The molecule has 0 aliphatic rings. The molecule has 0 saturated carbocycles. The number of carbonyl (C=O) groups is 3. The number of rotatable bonds is 21. The van der Waals surface area contributed by atoms with Crippen LogP contribution in [0.3, 0.4) is 0 Å². The molecule has 8 nitrogen and oxygen atoms in total. The number of ketones is 1. The third-order valence-corrected chi connectivity index (χ3v) is 6.90. The van der Waals surface area contributed by atoms with Crippen molar-refractivity contribution in [3.63, 3.8) is 0 Å². The van der Waals surface area contributed by atoms with E-state index in [0.717, 1.165) is 72.8 Å². The van der Waals surface area contributed by atoms with Crippen LogP contribution in [0.5, 0.6) is 11.5 Å². The summed E-state index contributed by atoms with van der Waals surface area (Å²) in [6.07, 6.45) is 9.48. The highest BCUT2D eigenvalue weighted by molar-refractivity contribution is 6.07. The minimum atomic E-state index is -0.551. The Balaban J connectivity index is 1.34. The molecule has 8 heteroatoms. The van der Waals surface area contributed by atoms with E-state index in [1.165, 1.54) is 0 Å². The molecule has 3 aromatic rings. The van der Waals surface area contributed by atoms with Gasteiger partial charge >= 0.3 is 11.9 Å². The Kier molecular flexibility index (Phi) is 15.6. The van der Waals surface area contributed by atoms with Gasteiger partial charge in [-0.3, -0.25) is 4.79 Å². The second-order valence-corrected chi connectivity index (χ2v) is 10.5. The SMILES string of the molecule is C=CC(=O)OCCCCOc1ccc(-c2ccc(C(=O)/C=C/c3ccc(OCCCCCCOC(=O)C(=C)CO)cc3)cc2)cc1. The summed E-state index contributed by atoms with van der Waals surface area (Å²) in [5.74, 6) is 0.482. The first-order chi connectivity index (χ1) is 22.4. The van der Waals surface area contributed by atoms with Crippen LogP contribution in [0.4, 0.5) is 0 Å². The van der Waals surface area contributed by atoms with Gasteiger partial charge in [-0.05, 0) is 85.6 Å². The molecule has 0 aromatic heterocycles. The monoisotopic (exact) mass is 626 g/mol. The van der Waals surface area contributed by atoms with Crippen molar-refractivity contribution in [2.24, 2.45) is 0 Å². The van der Waals surface area contributed by atoms with Crippen molar-refractivity contribution in [2.75, 3.05) is 33.0 Å². The number of allylic oxidation sites excluding steroid dienone is 1. The van der Waals surface area contributed by atoms with Crippen molar-refractivity contribution in [3.8, 4) is 22.6 Å². The van der Waals surface area contributed by atoms with E-state index < -0.39 is 18.5 Å². The van der Waals surface area contributed by atoms with Gasteiger partial charge < -0.3 is 24.1 Å². The highest BCUT2D eigenvalue weighted by Crippen LogP contribution is 2.23. The van der Waals surface area contributed by atoms with Gasteiger partial charge in [0.25, 0.3) is 0 Å². The van der Waals surface area contributed by atoms with E-state index in [2.05, 4.69) is 13.2 Å². The van der Waals surface area contributed by atoms with Gasteiger partial charge in [0.15, 0.2) is 5.78 Å². The standard InChI is InChI=1S/C38H42O8/c1-3-37(41)45-26-9-8-25-44-35-21-17-32(18-22-35)31-13-15-33(16-14-31)36(40)23-12-30-10-19-34(20-11-30)43-24-6-4-5-7-27-46-38(42)29(2)28-39/h3,10-23,39H,1-2,4-9,24-28H2/b23-12+. The Morgan fingerprint density at radius 2 is 1.15 bits per heavy atom. The summed E-state index contributed by atoms with van der Waals surface area (Å²) in [7, 11) is 0. The lowest BCUT2D eigenvalue weighted by Gasteiger charge is -2.08. The maximum atomic E-state index is 12.7. The molecule has 0 saturated heterocycles. The Bertz CT molecular complexity index is 1440. The maximum absolute atomic E-state index is 12.7. The fourth-order valence-electron chi connectivity index (χ4n) is 4.22. The molecule has 0 aliphatic heterocycles. The first kappa shape index (κ1) is 35.5. The van der Waals surface area contributed by atoms with E-state index in [4.69, 9.17) is 24.1 Å². The quantitative estimate of drug-likeness (QED) is 0.0574. The molecule has 3 aromatic carbocycles. The predicted octanol–water partition coefficient (Wildman–Crippen LogP) is 7.17. The molecule has 46 heavy (non-hydrogen) atoms. The number of esters is 2. The molecule has 0 unspecified atom stereocenters. The van der Waals surface area contributed by atoms with Crippen LogP contribution in [0.25, 0.3) is 17.2 Å². The normalized spacial score (nSPS) is 10.7. The lowest BCUT2D eigenvalue weighted by atomic mass is 10.0. The minimum absolute atomic E-state index is 0.0648. The lowest BCUT2D eigenvalue weighted by molar-refractivity contribution is -0.140. The molecule has 0 spiro atoms. The fourth-order valence-corrected chi connectivity index (χ4v) is 4.22. The zero-order valence-corrected chi connectivity index (χ0v) is 26.2. The summed E-state index contributed by atoms with van der Waals surface area (Å²) < 4.78 is 21.5. The van der Waals surface area contributed by atoms with Crippen LogP contribution in [0, 0.1) is 0 Å². The Morgan fingerprint density at radius 3 is 1.74 bits per heavy atom. The number of hydrogen-bond acceptors (Lipinski definition) is 8. The van der Waals surface area contributed by atoms with Crippen molar-refractivity contribution in [3.05, 3.63) is 115 Å². The van der Waals surface area contributed by atoms with E-state index in [1.54, 1.807) is 12.2 Å². The molecule has 0 radical (unpaired) electrons. The van der Waals surface area contributed by atoms with Gasteiger partial charge in [0.2, 0.25) is 0 Å². The smallest absolute Gasteiger partial charge is 0.335 e. The number of benzene rings is 3. The van der Waals surface area contributed by atoms with Crippen LogP contribution >= 0.6 is 0 Å². The molecular formula is C38H42O8. The van der Waals surface area contributed by atoms with E-state index in [-0.39, 0.29) is 11.4 Å². The average Bonchev–Trinajstić information content (AvgIpc) is 3.10. The van der Waals surface area contributed by atoms with E-state index >= 15 is 0 Å². The third kappa shape index (κ3) is 13.0. The summed E-state index contributed by atoms with van der Waals surface area (Å²) >= 11 is 0. The summed E-state index contributed by atoms with van der Waals surface area (Å²) in [6, 6.07) is 22.9. The topological polar surface area (TPSA) is 108 Å². The van der Waals surface area contributed by atoms with E-state index in [1.807, 2.05) is 72.8 Å². The predicted molar refractivity (Wildman–Crippen MR) is 179 cm³/mol. The largest absolute Gasteiger partial charge is 0.494 e. The van der Waals surface area contributed by atoms with Crippen LogP contribution in [-0.4, -0.2) is 55.9 Å².